The normalized spacial score (nSPS) is 11.9. The summed E-state index contributed by atoms with van der Waals surface area (Å²) in [6, 6.07) is 22.9. The molecule has 56 heavy (non-hydrogen) atoms. The van der Waals surface area contributed by atoms with Crippen molar-refractivity contribution in [3.05, 3.63) is 105 Å². The minimum atomic E-state index is -1.10. The summed E-state index contributed by atoms with van der Waals surface area (Å²) in [6.07, 6.45) is -1.40. The van der Waals surface area contributed by atoms with Crippen molar-refractivity contribution in [2.24, 2.45) is 0 Å². The van der Waals surface area contributed by atoms with Gasteiger partial charge in [0.05, 0.1) is 50.4 Å². The van der Waals surface area contributed by atoms with Gasteiger partial charge in [-0.25, -0.2) is 0 Å². The lowest BCUT2D eigenvalue weighted by Crippen LogP contribution is -2.28. The van der Waals surface area contributed by atoms with Gasteiger partial charge in [-0.15, -0.1) is 0 Å². The summed E-state index contributed by atoms with van der Waals surface area (Å²) < 4.78 is 23.5. The summed E-state index contributed by atoms with van der Waals surface area (Å²) in [7, 11) is 3.03. The van der Waals surface area contributed by atoms with E-state index in [2.05, 4.69) is 17.5 Å². The monoisotopic (exact) mass is 765 g/mol. The Bertz CT molecular complexity index is 1950. The van der Waals surface area contributed by atoms with Crippen LogP contribution in [0.15, 0.2) is 60.7 Å². The number of hydrogen-bond acceptors (Lipinski definition) is 11. The molecule has 0 radical (unpaired) electrons. The summed E-state index contributed by atoms with van der Waals surface area (Å²) in [5.74, 6) is -0.437. The molecule has 4 aromatic rings. The molecule has 294 valence electrons. The minimum Gasteiger partial charge on any atom is -0.496 e. The standard InChI is InChI=1S/C43H47N3O10/c1-26-29(24-55-40-18-38(53-3)28(14-31(40)20-44)8-5-11-34(47)16-42(49)50)9-6-12-36(26)37-13-7-10-30(27(37)2)25-56-41-19-39(54-4)33(15-32(41)21-45)22-46-23-35(48)17-43(51)52/h6-7,9-10,12-15,18-19,34-35,46-48H,5,8,11,16-17,22-25H2,1-4H3,(H,49,50)(H,51,52)/t34-,35+/m1/s1. The Kier molecular flexibility index (Phi) is 15.6. The molecular formula is C43H47N3O10. The van der Waals surface area contributed by atoms with Crippen molar-refractivity contribution in [3.8, 4) is 46.3 Å². The number of aliphatic hydroxyl groups is 2. The van der Waals surface area contributed by atoms with Crippen LogP contribution in [0, 0.1) is 36.5 Å². The third kappa shape index (κ3) is 11.4. The number of carboxylic acid groups (broad SMARTS) is 2. The lowest BCUT2D eigenvalue weighted by molar-refractivity contribution is -0.140. The van der Waals surface area contributed by atoms with E-state index in [-0.39, 0.29) is 39.1 Å². The molecule has 4 rings (SSSR count). The second-order valence-electron chi connectivity index (χ2n) is 13.3. The molecule has 13 nitrogen and oxygen atoms in total. The van der Waals surface area contributed by atoms with Gasteiger partial charge in [0, 0.05) is 30.8 Å². The zero-order valence-electron chi connectivity index (χ0n) is 31.9. The molecule has 0 aliphatic carbocycles. The predicted octanol–water partition coefficient (Wildman–Crippen LogP) is 5.97. The molecular weight excluding hydrogens is 718 g/mol. The van der Waals surface area contributed by atoms with E-state index in [4.69, 9.17) is 29.2 Å². The highest BCUT2D eigenvalue weighted by Gasteiger charge is 2.18. The highest BCUT2D eigenvalue weighted by Crippen LogP contribution is 2.35. The average Bonchev–Trinajstić information content (AvgIpc) is 3.16. The second-order valence-corrected chi connectivity index (χ2v) is 13.3. The Morgan fingerprint density at radius 2 is 1.18 bits per heavy atom. The van der Waals surface area contributed by atoms with Crippen LogP contribution >= 0.6 is 0 Å². The molecule has 0 aromatic heterocycles. The van der Waals surface area contributed by atoms with Gasteiger partial charge in [0.2, 0.25) is 0 Å². The van der Waals surface area contributed by atoms with Crippen molar-refractivity contribution in [1.29, 1.82) is 10.5 Å². The molecule has 5 N–H and O–H groups in total. The predicted molar refractivity (Wildman–Crippen MR) is 207 cm³/mol. The fourth-order valence-electron chi connectivity index (χ4n) is 6.39. The molecule has 13 heteroatoms. The van der Waals surface area contributed by atoms with Gasteiger partial charge in [0.25, 0.3) is 0 Å². The summed E-state index contributed by atoms with van der Waals surface area (Å²) in [5.41, 5.74) is 7.84. The largest absolute Gasteiger partial charge is 0.496 e. The zero-order valence-corrected chi connectivity index (χ0v) is 31.9. The lowest BCUT2D eigenvalue weighted by Gasteiger charge is -2.18. The van der Waals surface area contributed by atoms with E-state index < -0.39 is 24.1 Å². The first-order chi connectivity index (χ1) is 26.9. The number of rotatable bonds is 21. The number of aryl methyl sites for hydroxylation is 1. The molecule has 0 saturated carbocycles. The van der Waals surface area contributed by atoms with Crippen molar-refractivity contribution in [3.63, 3.8) is 0 Å². The number of benzene rings is 4. The summed E-state index contributed by atoms with van der Waals surface area (Å²) >= 11 is 0. The van der Waals surface area contributed by atoms with Crippen LogP contribution in [-0.2, 0) is 35.8 Å². The first-order valence-corrected chi connectivity index (χ1v) is 18.0. The van der Waals surface area contributed by atoms with E-state index in [9.17, 15) is 30.3 Å². The van der Waals surface area contributed by atoms with Crippen LogP contribution in [0.1, 0.15) is 70.2 Å². The third-order valence-electron chi connectivity index (χ3n) is 9.45. The molecule has 0 aliphatic heterocycles. The maximum absolute atomic E-state index is 10.9. The Morgan fingerprint density at radius 3 is 1.66 bits per heavy atom. The molecule has 0 aliphatic rings. The van der Waals surface area contributed by atoms with Gasteiger partial charge in [-0.1, -0.05) is 36.4 Å². The Balaban J connectivity index is 1.48. The second kappa shape index (κ2) is 20.5. The first kappa shape index (κ1) is 42.6. The van der Waals surface area contributed by atoms with Crippen molar-refractivity contribution < 1.29 is 49.0 Å². The number of methoxy groups -OCH3 is 2. The van der Waals surface area contributed by atoms with Gasteiger partial charge in [-0.3, -0.25) is 9.59 Å². The zero-order chi connectivity index (χ0) is 40.8. The Morgan fingerprint density at radius 1 is 0.696 bits per heavy atom. The molecule has 0 fully saturated rings. The van der Waals surface area contributed by atoms with Gasteiger partial charge in [0.15, 0.2) is 0 Å². The number of nitriles is 2. The average molecular weight is 766 g/mol. The van der Waals surface area contributed by atoms with Crippen LogP contribution in [-0.4, -0.2) is 65.3 Å². The van der Waals surface area contributed by atoms with E-state index in [0.717, 1.165) is 38.9 Å². The molecule has 0 heterocycles. The van der Waals surface area contributed by atoms with Crippen molar-refractivity contribution in [2.75, 3.05) is 20.8 Å². The fraction of sp³-hybridized carbons (Fsp3) is 0.349. The molecule has 0 unspecified atom stereocenters. The van der Waals surface area contributed by atoms with Crippen LogP contribution in [0.4, 0.5) is 0 Å². The van der Waals surface area contributed by atoms with Crippen LogP contribution < -0.4 is 24.3 Å². The minimum absolute atomic E-state index is 0.0558. The maximum atomic E-state index is 10.9. The SMILES string of the molecule is COc1cc(OCc2cccc(-c3cccc(COc4cc(OC)c(CNC[C@@H](O)CC(=O)O)cc4C#N)c3C)c2C)c(C#N)cc1CCC[C@@H](O)CC(=O)O. The number of aliphatic carboxylic acids is 2. The molecule has 0 spiro atoms. The van der Waals surface area contributed by atoms with Crippen molar-refractivity contribution in [2.45, 2.75) is 77.9 Å². The van der Waals surface area contributed by atoms with E-state index in [1.807, 2.05) is 50.2 Å². The van der Waals surface area contributed by atoms with Gasteiger partial charge in [-0.2, -0.15) is 10.5 Å². The first-order valence-electron chi connectivity index (χ1n) is 18.0. The van der Waals surface area contributed by atoms with Crippen LogP contribution in [0.3, 0.4) is 0 Å². The number of carboxylic acids is 2. The highest BCUT2D eigenvalue weighted by molar-refractivity contribution is 5.72. The molecule has 0 amide bonds. The maximum Gasteiger partial charge on any atom is 0.306 e. The number of aliphatic hydroxyl groups excluding tert-OH is 2. The third-order valence-corrected chi connectivity index (χ3v) is 9.45. The molecule has 4 aromatic carbocycles. The Hall–Kier alpha value is -6.12. The molecule has 0 bridgehead atoms. The van der Waals surface area contributed by atoms with Gasteiger partial charge in [0.1, 0.15) is 48.4 Å². The number of nitrogens with zero attached hydrogens (tertiary/aromatic N) is 2. The smallest absolute Gasteiger partial charge is 0.306 e. The van der Waals surface area contributed by atoms with Gasteiger partial charge < -0.3 is 44.7 Å². The number of hydrogen-bond donors (Lipinski definition) is 5. The van der Waals surface area contributed by atoms with Crippen molar-refractivity contribution >= 4 is 11.9 Å². The van der Waals surface area contributed by atoms with Gasteiger partial charge >= 0.3 is 11.9 Å². The van der Waals surface area contributed by atoms with Crippen molar-refractivity contribution in [1.82, 2.24) is 5.32 Å². The quantitative estimate of drug-likeness (QED) is 0.0662. The summed E-state index contributed by atoms with van der Waals surface area (Å²) in [4.78, 5) is 21.7. The van der Waals surface area contributed by atoms with E-state index in [0.29, 0.717) is 59.0 Å². The Labute approximate surface area is 326 Å². The number of ether oxygens (including phenoxy) is 4. The molecule has 0 saturated heterocycles. The highest BCUT2D eigenvalue weighted by atomic mass is 16.5. The number of carbonyl (C=O) groups is 2. The van der Waals surface area contributed by atoms with E-state index >= 15 is 0 Å². The lowest BCUT2D eigenvalue weighted by atomic mass is 9.92. The topological polar surface area (TPSA) is 212 Å². The fourth-order valence-corrected chi connectivity index (χ4v) is 6.39. The van der Waals surface area contributed by atoms with Gasteiger partial charge in [-0.05, 0) is 84.2 Å². The summed E-state index contributed by atoms with van der Waals surface area (Å²) in [5, 5.41) is 60.4. The van der Waals surface area contributed by atoms with E-state index in [1.165, 1.54) is 14.2 Å². The van der Waals surface area contributed by atoms with Crippen LogP contribution in [0.2, 0.25) is 0 Å². The number of nitrogens with one attached hydrogen (secondary N) is 1. The van der Waals surface area contributed by atoms with E-state index in [1.54, 1.807) is 24.3 Å². The summed E-state index contributed by atoms with van der Waals surface area (Å²) in [6.45, 7) is 4.68. The van der Waals surface area contributed by atoms with Crippen LogP contribution in [0.5, 0.6) is 23.0 Å². The molecule has 2 atom stereocenters. The van der Waals surface area contributed by atoms with Crippen LogP contribution in [0.25, 0.3) is 11.1 Å².